The Morgan fingerprint density at radius 1 is 0.854 bits per heavy atom. The van der Waals surface area contributed by atoms with Gasteiger partial charge in [-0.3, -0.25) is 14.9 Å². The van der Waals surface area contributed by atoms with Crippen LogP contribution in [0, 0.1) is 0 Å². The number of carbonyl (C=O) groups is 3. The fourth-order valence-electron chi connectivity index (χ4n) is 3.69. The van der Waals surface area contributed by atoms with Crippen LogP contribution in [0.25, 0.3) is 20.4 Å². The number of amides is 1. The van der Waals surface area contributed by atoms with Gasteiger partial charge in [0.1, 0.15) is 5.60 Å². The van der Waals surface area contributed by atoms with Gasteiger partial charge < -0.3 is 19.9 Å². The van der Waals surface area contributed by atoms with Gasteiger partial charge in [-0.25, -0.2) is 14.8 Å². The molecule has 2 aromatic carbocycles. The number of anilines is 2. The number of hydrogen-bond donors (Lipinski definition) is 2. The molecular weight excluding hydrogens is 564 g/mol. The minimum atomic E-state index is -0.566. The first kappa shape index (κ1) is 31.8. The van der Waals surface area contributed by atoms with Gasteiger partial charge in [0, 0.05) is 0 Å². The number of esters is 2. The molecule has 10 nitrogen and oxygen atoms in total. The van der Waals surface area contributed by atoms with Gasteiger partial charge in [-0.2, -0.15) is 0 Å². The van der Waals surface area contributed by atoms with Gasteiger partial charge in [0.05, 0.1) is 45.5 Å². The first-order valence-electron chi connectivity index (χ1n) is 13.2. The second-order valence-electron chi connectivity index (χ2n) is 10.1. The molecule has 0 bridgehead atoms. The van der Waals surface area contributed by atoms with Crippen molar-refractivity contribution in [3.05, 3.63) is 47.5 Å². The summed E-state index contributed by atoms with van der Waals surface area (Å²) in [6.07, 6.45) is -0.540. The third-order valence-electron chi connectivity index (χ3n) is 5.73. The van der Waals surface area contributed by atoms with Crippen LogP contribution in [0.3, 0.4) is 0 Å². The first-order valence-corrected chi connectivity index (χ1v) is 14.8. The molecule has 2 heterocycles. The number of carbonyl (C=O) groups excluding carboxylic acids is 3. The molecule has 220 valence electrons. The van der Waals surface area contributed by atoms with Crippen molar-refractivity contribution in [2.75, 3.05) is 24.3 Å². The van der Waals surface area contributed by atoms with Crippen molar-refractivity contribution in [2.24, 2.45) is 0 Å². The summed E-state index contributed by atoms with van der Waals surface area (Å²) >= 11 is 2.76. The highest BCUT2D eigenvalue weighted by molar-refractivity contribution is 7.22. The predicted octanol–water partition coefficient (Wildman–Crippen LogP) is 6.86. The molecule has 0 radical (unpaired) electrons. The Kier molecular flexibility index (Phi) is 10.6. The van der Waals surface area contributed by atoms with Crippen molar-refractivity contribution < 1.29 is 28.6 Å². The minimum absolute atomic E-state index is 0.204. The maximum absolute atomic E-state index is 11.9. The molecule has 0 aliphatic carbocycles. The van der Waals surface area contributed by atoms with Gasteiger partial charge in [0.2, 0.25) is 0 Å². The second kappa shape index (κ2) is 13.7. The number of nitrogens with zero attached hydrogens (tertiary/aromatic N) is 2. The fraction of sp³-hybridized carbons (Fsp3) is 0.414. The third-order valence-corrected chi connectivity index (χ3v) is 7.51. The molecule has 12 heteroatoms. The number of rotatable bonds is 7. The van der Waals surface area contributed by atoms with E-state index in [-0.39, 0.29) is 23.8 Å². The van der Waals surface area contributed by atoms with Crippen molar-refractivity contribution in [1.29, 1.82) is 0 Å². The number of benzene rings is 2. The molecule has 2 unspecified atom stereocenters. The highest BCUT2D eigenvalue weighted by Gasteiger charge is 2.20. The van der Waals surface area contributed by atoms with Gasteiger partial charge in [0.15, 0.2) is 10.3 Å². The van der Waals surface area contributed by atoms with Crippen LogP contribution >= 0.6 is 22.7 Å². The maximum atomic E-state index is 11.9. The highest BCUT2D eigenvalue weighted by Crippen LogP contribution is 2.30. The average Bonchev–Trinajstić information content (AvgIpc) is 3.47. The molecule has 0 spiro atoms. The van der Waals surface area contributed by atoms with E-state index in [0.717, 1.165) is 31.6 Å². The lowest BCUT2D eigenvalue weighted by molar-refractivity contribution is -0.145. The van der Waals surface area contributed by atoms with Crippen LogP contribution in [0.5, 0.6) is 0 Å². The molecule has 0 saturated heterocycles. The van der Waals surface area contributed by atoms with Crippen LogP contribution in [0.2, 0.25) is 0 Å². The van der Waals surface area contributed by atoms with E-state index in [2.05, 4.69) is 15.3 Å². The van der Waals surface area contributed by atoms with Gasteiger partial charge in [-0.1, -0.05) is 34.8 Å². The van der Waals surface area contributed by atoms with E-state index >= 15 is 0 Å². The molecule has 0 fully saturated rings. The predicted molar refractivity (Wildman–Crippen MR) is 164 cm³/mol. The van der Waals surface area contributed by atoms with E-state index < -0.39 is 11.7 Å². The number of nitrogens with two attached hydrogens (primary N) is 1. The van der Waals surface area contributed by atoms with E-state index in [9.17, 15) is 14.4 Å². The Morgan fingerprint density at radius 2 is 1.34 bits per heavy atom. The Balaban J connectivity index is 0.000000239. The fourth-order valence-corrected chi connectivity index (χ4v) is 5.37. The lowest BCUT2D eigenvalue weighted by Gasteiger charge is -2.18. The quantitative estimate of drug-likeness (QED) is 0.172. The largest absolute Gasteiger partial charge is 0.466 e. The molecule has 3 N–H and O–H groups in total. The highest BCUT2D eigenvalue weighted by atomic mass is 32.1. The summed E-state index contributed by atoms with van der Waals surface area (Å²) in [6, 6.07) is 11.3. The van der Waals surface area contributed by atoms with Crippen LogP contribution < -0.4 is 11.1 Å². The average molecular weight is 601 g/mol. The lowest BCUT2D eigenvalue weighted by Crippen LogP contribution is -2.27. The molecule has 4 aromatic rings. The molecule has 0 saturated carbocycles. The zero-order valence-electron chi connectivity index (χ0n) is 24.3. The Morgan fingerprint density at radius 3 is 1.83 bits per heavy atom. The summed E-state index contributed by atoms with van der Waals surface area (Å²) in [5.41, 5.74) is 8.48. The maximum Gasteiger partial charge on any atom is 0.413 e. The molecule has 4 rings (SSSR count). The number of thiazole rings is 2. The smallest absolute Gasteiger partial charge is 0.413 e. The number of fused-ring (bicyclic) bond motifs is 2. The lowest BCUT2D eigenvalue weighted by atomic mass is 10.0. The SMILES string of the molecule is CCOC(=O)C(C)c1ccc2nc(N)sc2c1.CCOC(=O)C(C)c1ccc2nc(NC(=O)OC(C)(C)C)sc2c1. The number of aromatic nitrogens is 2. The molecule has 0 aliphatic heterocycles. The summed E-state index contributed by atoms with van der Waals surface area (Å²) in [6.45, 7) is 13.4. The van der Waals surface area contributed by atoms with Crippen molar-refractivity contribution in [2.45, 2.75) is 65.9 Å². The van der Waals surface area contributed by atoms with Gasteiger partial charge in [-0.05, 0) is 83.9 Å². The van der Waals surface area contributed by atoms with Crippen LogP contribution in [-0.4, -0.2) is 46.8 Å². The molecular formula is C29H36N4O6S2. The second-order valence-corrected chi connectivity index (χ2v) is 12.2. The Bertz CT molecular complexity index is 1520. The number of ether oxygens (including phenoxy) is 3. The topological polar surface area (TPSA) is 143 Å². The van der Waals surface area contributed by atoms with E-state index in [1.54, 1.807) is 41.5 Å². The van der Waals surface area contributed by atoms with Gasteiger partial charge in [0.25, 0.3) is 0 Å². The van der Waals surface area contributed by atoms with Crippen LogP contribution in [0.1, 0.15) is 71.4 Å². The molecule has 2 atom stereocenters. The van der Waals surface area contributed by atoms with E-state index in [4.69, 9.17) is 19.9 Å². The standard InChI is InChI=1S/C17H22N2O4S.C12H14N2O2S/c1-6-22-14(20)10(2)11-7-8-12-13(9-11)24-15(18-12)19-16(21)23-17(3,4)5;1-3-16-11(15)7(2)8-4-5-9-10(6-8)17-12(13)14-9/h7-10H,6H2,1-5H3,(H,18,19,21);4-7H,3H2,1-2H3,(H2,13,14). The number of nitrogen functional groups attached to an aromatic ring is 1. The Labute approximate surface area is 247 Å². The van der Waals surface area contributed by atoms with Crippen molar-refractivity contribution in [3.8, 4) is 0 Å². The van der Waals surface area contributed by atoms with Crippen LogP contribution in [0.4, 0.5) is 15.1 Å². The summed E-state index contributed by atoms with van der Waals surface area (Å²) in [5.74, 6) is -1.07. The van der Waals surface area contributed by atoms with Gasteiger partial charge >= 0.3 is 18.0 Å². The minimum Gasteiger partial charge on any atom is -0.466 e. The molecule has 1 amide bonds. The Hall–Kier alpha value is -3.77. The van der Waals surface area contributed by atoms with Crippen molar-refractivity contribution >= 4 is 71.4 Å². The summed E-state index contributed by atoms with van der Waals surface area (Å²) in [4.78, 5) is 43.8. The summed E-state index contributed by atoms with van der Waals surface area (Å²) < 4.78 is 17.1. The van der Waals surface area contributed by atoms with E-state index in [1.807, 2.05) is 43.3 Å². The first-order chi connectivity index (χ1) is 19.3. The van der Waals surface area contributed by atoms with E-state index in [0.29, 0.717) is 23.5 Å². The van der Waals surface area contributed by atoms with Crippen molar-refractivity contribution in [3.63, 3.8) is 0 Å². The molecule has 2 aromatic heterocycles. The number of hydrogen-bond acceptors (Lipinski definition) is 11. The third kappa shape index (κ3) is 8.86. The van der Waals surface area contributed by atoms with Gasteiger partial charge in [-0.15, -0.1) is 0 Å². The summed E-state index contributed by atoms with van der Waals surface area (Å²) in [7, 11) is 0. The number of nitrogens with one attached hydrogen (secondary N) is 1. The normalized spacial score (nSPS) is 12.7. The monoisotopic (exact) mass is 600 g/mol. The van der Waals surface area contributed by atoms with Crippen molar-refractivity contribution in [1.82, 2.24) is 9.97 Å². The van der Waals surface area contributed by atoms with Crippen LogP contribution in [0.15, 0.2) is 36.4 Å². The molecule has 41 heavy (non-hydrogen) atoms. The zero-order valence-corrected chi connectivity index (χ0v) is 25.9. The molecule has 0 aliphatic rings. The zero-order chi connectivity index (χ0) is 30.3. The summed E-state index contributed by atoms with van der Waals surface area (Å²) in [5, 5.41) is 3.64. The van der Waals surface area contributed by atoms with E-state index in [1.165, 1.54) is 22.7 Å². The van der Waals surface area contributed by atoms with Crippen LogP contribution in [-0.2, 0) is 23.8 Å².